The minimum Gasteiger partial charge on any atom is -0.370 e. The third kappa shape index (κ3) is 4.95. The first-order valence-electron chi connectivity index (χ1n) is 8.68. The fraction of sp³-hybridized carbons (Fsp3) is 0.421. The van der Waals surface area contributed by atoms with Crippen molar-refractivity contribution in [1.29, 1.82) is 0 Å². The molecule has 25 heavy (non-hydrogen) atoms. The highest BCUT2D eigenvalue weighted by Gasteiger charge is 2.17. The molecule has 0 saturated carbocycles. The fourth-order valence-electron chi connectivity index (χ4n) is 2.84. The maximum atomic E-state index is 12.6. The highest BCUT2D eigenvalue weighted by atomic mass is 32.2. The van der Waals surface area contributed by atoms with Crippen LogP contribution >= 0.6 is 0 Å². The lowest BCUT2D eigenvalue weighted by Gasteiger charge is -2.23. The number of benzene rings is 1. The smallest absolute Gasteiger partial charge is 0.263 e. The molecule has 0 amide bonds. The molecule has 0 atom stereocenters. The van der Waals surface area contributed by atoms with Gasteiger partial charge < -0.3 is 4.90 Å². The zero-order valence-corrected chi connectivity index (χ0v) is 16.2. The number of aromatic nitrogens is 1. The van der Waals surface area contributed by atoms with Gasteiger partial charge in [0.15, 0.2) is 0 Å². The Bertz CT molecular complexity index is 796. The van der Waals surface area contributed by atoms with Crippen LogP contribution in [0.1, 0.15) is 37.8 Å². The van der Waals surface area contributed by atoms with Crippen molar-refractivity contribution in [2.75, 3.05) is 22.7 Å². The van der Waals surface area contributed by atoms with E-state index in [9.17, 15) is 8.42 Å². The molecule has 1 heterocycles. The number of rotatable bonds is 8. The largest absolute Gasteiger partial charge is 0.370 e. The molecule has 1 N–H and O–H groups in total. The molecule has 6 heteroatoms. The molecular formula is C19H27N3O2S. The molecule has 0 radical (unpaired) electrons. The lowest BCUT2D eigenvalue weighted by atomic mass is 10.2. The Balaban J connectivity index is 2.19. The Morgan fingerprint density at radius 2 is 1.72 bits per heavy atom. The number of pyridine rings is 1. The van der Waals surface area contributed by atoms with Crippen LogP contribution in [-0.2, 0) is 10.0 Å². The van der Waals surface area contributed by atoms with Gasteiger partial charge in [-0.15, -0.1) is 0 Å². The van der Waals surface area contributed by atoms with E-state index in [1.807, 2.05) is 19.1 Å². The molecule has 2 rings (SSSR count). The molecule has 1 aromatic heterocycles. The van der Waals surface area contributed by atoms with Gasteiger partial charge in [-0.3, -0.25) is 4.72 Å². The van der Waals surface area contributed by atoms with Crippen molar-refractivity contribution in [2.45, 2.75) is 45.4 Å². The van der Waals surface area contributed by atoms with E-state index in [0.717, 1.165) is 42.7 Å². The van der Waals surface area contributed by atoms with Crippen LogP contribution < -0.4 is 9.62 Å². The second-order valence-electron chi connectivity index (χ2n) is 6.26. The second kappa shape index (κ2) is 8.34. The molecule has 0 aliphatic heterocycles. The van der Waals surface area contributed by atoms with Gasteiger partial charge in [-0.2, -0.15) is 0 Å². The first-order chi connectivity index (χ1) is 11.9. The Kier molecular flexibility index (Phi) is 6.42. The summed E-state index contributed by atoms with van der Waals surface area (Å²) < 4.78 is 27.8. The fourth-order valence-corrected chi connectivity index (χ4v) is 4.07. The Labute approximate surface area is 151 Å². The van der Waals surface area contributed by atoms with Crippen LogP contribution in [-0.4, -0.2) is 26.5 Å². The number of hydrogen-bond donors (Lipinski definition) is 1. The molecular weight excluding hydrogens is 334 g/mol. The van der Waals surface area contributed by atoms with Crippen LogP contribution in [0.25, 0.3) is 0 Å². The topological polar surface area (TPSA) is 62.3 Å². The van der Waals surface area contributed by atoms with E-state index in [0.29, 0.717) is 5.82 Å². The summed E-state index contributed by atoms with van der Waals surface area (Å²) in [7, 11) is -3.64. The summed E-state index contributed by atoms with van der Waals surface area (Å²) in [5.41, 5.74) is 2.77. The summed E-state index contributed by atoms with van der Waals surface area (Å²) in [6, 6.07) is 8.92. The van der Waals surface area contributed by atoms with Gasteiger partial charge in [-0.25, -0.2) is 13.4 Å². The van der Waals surface area contributed by atoms with E-state index < -0.39 is 10.0 Å². The second-order valence-corrected chi connectivity index (χ2v) is 7.91. The standard InChI is InChI=1S/C19H27N3O2S/c1-5-11-22(12-6-2)17-8-10-19(20-14-17)21-25(23,24)18-9-7-15(3)13-16(18)4/h7-10,13-14H,5-6,11-12H2,1-4H3,(H,20,21). The number of anilines is 2. The normalized spacial score (nSPS) is 11.4. The van der Waals surface area contributed by atoms with Crippen LogP contribution in [0, 0.1) is 13.8 Å². The zero-order valence-electron chi connectivity index (χ0n) is 15.4. The van der Waals surface area contributed by atoms with Crippen molar-refractivity contribution in [3.8, 4) is 0 Å². The number of aryl methyl sites for hydroxylation is 2. The summed E-state index contributed by atoms with van der Waals surface area (Å²) >= 11 is 0. The van der Waals surface area contributed by atoms with Crippen molar-refractivity contribution in [3.63, 3.8) is 0 Å². The van der Waals surface area contributed by atoms with Gasteiger partial charge in [0.05, 0.1) is 16.8 Å². The highest BCUT2D eigenvalue weighted by molar-refractivity contribution is 7.92. The molecule has 136 valence electrons. The Hall–Kier alpha value is -2.08. The quantitative estimate of drug-likeness (QED) is 0.768. The molecule has 0 unspecified atom stereocenters. The van der Waals surface area contributed by atoms with Crippen molar-refractivity contribution in [1.82, 2.24) is 4.98 Å². The van der Waals surface area contributed by atoms with E-state index in [1.54, 1.807) is 31.3 Å². The van der Waals surface area contributed by atoms with Crippen LogP contribution in [0.4, 0.5) is 11.5 Å². The van der Waals surface area contributed by atoms with E-state index in [-0.39, 0.29) is 4.90 Å². The maximum absolute atomic E-state index is 12.6. The van der Waals surface area contributed by atoms with Gasteiger partial charge in [-0.05, 0) is 50.5 Å². The highest BCUT2D eigenvalue weighted by Crippen LogP contribution is 2.21. The van der Waals surface area contributed by atoms with E-state index in [2.05, 4.69) is 28.5 Å². The maximum Gasteiger partial charge on any atom is 0.263 e. The molecule has 2 aromatic rings. The van der Waals surface area contributed by atoms with Gasteiger partial charge in [0.1, 0.15) is 5.82 Å². The van der Waals surface area contributed by atoms with Crippen molar-refractivity contribution in [2.24, 2.45) is 0 Å². The Morgan fingerprint density at radius 3 is 2.24 bits per heavy atom. The van der Waals surface area contributed by atoms with Crippen molar-refractivity contribution < 1.29 is 8.42 Å². The average molecular weight is 362 g/mol. The Morgan fingerprint density at radius 1 is 1.04 bits per heavy atom. The number of nitrogens with zero attached hydrogens (tertiary/aromatic N) is 2. The molecule has 0 aliphatic carbocycles. The molecule has 0 bridgehead atoms. The van der Waals surface area contributed by atoms with Gasteiger partial charge in [0.2, 0.25) is 0 Å². The summed E-state index contributed by atoms with van der Waals surface area (Å²) in [5, 5.41) is 0. The predicted molar refractivity (Wildman–Crippen MR) is 104 cm³/mol. The molecule has 1 aromatic carbocycles. The van der Waals surface area contributed by atoms with E-state index in [1.165, 1.54) is 0 Å². The molecule has 0 aliphatic rings. The predicted octanol–water partition coefficient (Wildman–Crippen LogP) is 4.13. The average Bonchev–Trinajstić information content (AvgIpc) is 2.54. The van der Waals surface area contributed by atoms with Crippen LogP contribution in [0.5, 0.6) is 0 Å². The third-order valence-corrected chi connectivity index (χ3v) is 5.47. The SMILES string of the molecule is CCCN(CCC)c1ccc(NS(=O)(=O)c2ccc(C)cc2C)nc1. The lowest BCUT2D eigenvalue weighted by molar-refractivity contribution is 0.600. The van der Waals surface area contributed by atoms with Crippen LogP contribution in [0.15, 0.2) is 41.4 Å². The number of sulfonamides is 1. The monoisotopic (exact) mass is 361 g/mol. The van der Waals surface area contributed by atoms with Gasteiger partial charge in [0.25, 0.3) is 10.0 Å². The minimum absolute atomic E-state index is 0.280. The number of nitrogens with one attached hydrogen (secondary N) is 1. The first-order valence-corrected chi connectivity index (χ1v) is 10.2. The summed E-state index contributed by atoms with van der Waals surface area (Å²) in [5.74, 6) is 0.330. The molecule has 0 fully saturated rings. The van der Waals surface area contributed by atoms with E-state index in [4.69, 9.17) is 0 Å². The molecule has 0 saturated heterocycles. The minimum atomic E-state index is -3.64. The summed E-state index contributed by atoms with van der Waals surface area (Å²) in [6.07, 6.45) is 3.84. The summed E-state index contributed by atoms with van der Waals surface area (Å²) in [4.78, 5) is 6.83. The lowest BCUT2D eigenvalue weighted by Crippen LogP contribution is -2.25. The van der Waals surface area contributed by atoms with Crippen LogP contribution in [0.3, 0.4) is 0 Å². The van der Waals surface area contributed by atoms with Gasteiger partial charge >= 0.3 is 0 Å². The number of hydrogen-bond acceptors (Lipinski definition) is 4. The van der Waals surface area contributed by atoms with Gasteiger partial charge in [-0.1, -0.05) is 31.5 Å². The van der Waals surface area contributed by atoms with Crippen molar-refractivity contribution in [3.05, 3.63) is 47.7 Å². The summed E-state index contributed by atoms with van der Waals surface area (Å²) in [6.45, 7) is 9.94. The van der Waals surface area contributed by atoms with Crippen LogP contribution in [0.2, 0.25) is 0 Å². The molecule has 5 nitrogen and oxygen atoms in total. The zero-order chi connectivity index (χ0) is 18.4. The van der Waals surface area contributed by atoms with Gasteiger partial charge in [0, 0.05) is 13.1 Å². The van der Waals surface area contributed by atoms with Crippen molar-refractivity contribution >= 4 is 21.5 Å². The third-order valence-electron chi connectivity index (χ3n) is 3.96. The first kappa shape index (κ1) is 19.2. The molecule has 0 spiro atoms. The van der Waals surface area contributed by atoms with E-state index >= 15 is 0 Å².